The van der Waals surface area contributed by atoms with E-state index < -0.39 is 5.92 Å². The molecule has 2 heterocycles. The van der Waals surface area contributed by atoms with Crippen molar-refractivity contribution in [3.8, 4) is 0 Å². The van der Waals surface area contributed by atoms with Crippen molar-refractivity contribution in [1.29, 1.82) is 0 Å². The summed E-state index contributed by atoms with van der Waals surface area (Å²) in [6, 6.07) is 0.371. The summed E-state index contributed by atoms with van der Waals surface area (Å²) in [6.45, 7) is 1.95. The Morgan fingerprint density at radius 3 is 2.65 bits per heavy atom. The van der Waals surface area contributed by atoms with Gasteiger partial charge >= 0.3 is 0 Å². The van der Waals surface area contributed by atoms with Crippen LogP contribution in [0, 0.1) is 0 Å². The van der Waals surface area contributed by atoms with Gasteiger partial charge in [-0.3, -0.25) is 0 Å². The van der Waals surface area contributed by atoms with Crippen molar-refractivity contribution in [2.24, 2.45) is 0 Å². The van der Waals surface area contributed by atoms with Crippen molar-refractivity contribution in [1.82, 2.24) is 20.1 Å². The van der Waals surface area contributed by atoms with Gasteiger partial charge in [-0.05, 0) is 25.9 Å². The Balaban J connectivity index is 1.75. The molecule has 0 spiro atoms. The lowest BCUT2D eigenvalue weighted by atomic mass is 9.80. The van der Waals surface area contributed by atoms with Crippen LogP contribution >= 0.6 is 0 Å². The molecule has 1 N–H and O–H groups in total. The fraction of sp³-hybridized carbons (Fsp3) is 0.818. The maximum Gasteiger partial charge on any atom is 0.249 e. The minimum atomic E-state index is -2.49. The van der Waals surface area contributed by atoms with Crippen molar-refractivity contribution >= 4 is 0 Å². The Kier molecular flexibility index (Phi) is 2.61. The number of alkyl halides is 2. The fourth-order valence-electron chi connectivity index (χ4n) is 2.75. The summed E-state index contributed by atoms with van der Waals surface area (Å²) >= 11 is 0. The van der Waals surface area contributed by atoms with E-state index in [4.69, 9.17) is 0 Å². The molecule has 1 aromatic heterocycles. The Labute approximate surface area is 98.4 Å². The summed E-state index contributed by atoms with van der Waals surface area (Å²) in [7, 11) is 0. The molecule has 2 aliphatic rings. The molecule has 2 fully saturated rings. The third-order valence-electron chi connectivity index (χ3n) is 3.76. The van der Waals surface area contributed by atoms with Gasteiger partial charge in [0.15, 0.2) is 0 Å². The highest BCUT2D eigenvalue weighted by Crippen LogP contribution is 2.48. The zero-order valence-electron chi connectivity index (χ0n) is 9.57. The number of rotatable bonds is 2. The maximum absolute atomic E-state index is 12.9. The molecule has 0 bridgehead atoms. The van der Waals surface area contributed by atoms with E-state index in [-0.39, 0.29) is 18.8 Å². The summed E-state index contributed by atoms with van der Waals surface area (Å²) in [4.78, 5) is 0. The van der Waals surface area contributed by atoms with E-state index in [9.17, 15) is 8.78 Å². The Hall–Kier alpha value is -1.04. The van der Waals surface area contributed by atoms with Crippen LogP contribution < -0.4 is 5.32 Å². The third kappa shape index (κ3) is 2.06. The lowest BCUT2D eigenvalue weighted by Crippen LogP contribution is -2.36. The van der Waals surface area contributed by atoms with Gasteiger partial charge in [0, 0.05) is 24.8 Å². The van der Waals surface area contributed by atoms with Gasteiger partial charge in [0.05, 0.1) is 0 Å². The van der Waals surface area contributed by atoms with Gasteiger partial charge in [0.1, 0.15) is 12.2 Å². The monoisotopic (exact) mass is 242 g/mol. The number of hydrogen-bond donors (Lipinski definition) is 1. The standard InChI is InChI=1S/C11H16F2N4/c12-11(13)5-8(6-11)10-16-15-7-17(10)9-1-3-14-4-2-9/h7-9,14H,1-6H2. The summed E-state index contributed by atoms with van der Waals surface area (Å²) < 4.78 is 27.8. The minimum absolute atomic E-state index is 0.0728. The van der Waals surface area contributed by atoms with Gasteiger partial charge in [-0.2, -0.15) is 0 Å². The highest BCUT2D eigenvalue weighted by atomic mass is 19.3. The van der Waals surface area contributed by atoms with Crippen LogP contribution in [0.2, 0.25) is 0 Å². The molecule has 6 heteroatoms. The summed E-state index contributed by atoms with van der Waals surface area (Å²) in [5.74, 6) is -1.85. The first-order chi connectivity index (χ1) is 8.16. The first-order valence-corrected chi connectivity index (χ1v) is 6.14. The molecule has 94 valence electrons. The number of halogens is 2. The normalized spacial score (nSPS) is 25.8. The molecule has 0 unspecified atom stereocenters. The van der Waals surface area contributed by atoms with Crippen LogP contribution in [-0.2, 0) is 0 Å². The lowest BCUT2D eigenvalue weighted by Gasteiger charge is -2.35. The number of piperidine rings is 1. The average Bonchev–Trinajstić information content (AvgIpc) is 2.75. The molecule has 3 rings (SSSR count). The average molecular weight is 242 g/mol. The Morgan fingerprint density at radius 2 is 2.00 bits per heavy atom. The van der Waals surface area contributed by atoms with E-state index in [1.54, 1.807) is 6.33 Å². The van der Waals surface area contributed by atoms with Gasteiger partial charge in [0.25, 0.3) is 0 Å². The van der Waals surface area contributed by atoms with E-state index in [0.29, 0.717) is 6.04 Å². The molecule has 0 aromatic carbocycles. The van der Waals surface area contributed by atoms with E-state index in [1.165, 1.54) is 0 Å². The lowest BCUT2D eigenvalue weighted by molar-refractivity contribution is -0.0894. The molecule has 0 radical (unpaired) electrons. The predicted molar refractivity (Wildman–Crippen MR) is 58.1 cm³/mol. The number of hydrogen-bond acceptors (Lipinski definition) is 3. The molecule has 1 aromatic rings. The first kappa shape index (κ1) is 11.1. The number of nitrogens with zero attached hydrogens (tertiary/aromatic N) is 3. The van der Waals surface area contributed by atoms with Gasteiger partial charge in [-0.25, -0.2) is 8.78 Å². The first-order valence-electron chi connectivity index (χ1n) is 6.14. The summed E-state index contributed by atoms with van der Waals surface area (Å²) in [6.07, 6.45) is 3.59. The summed E-state index contributed by atoms with van der Waals surface area (Å²) in [5, 5.41) is 11.2. The van der Waals surface area contributed by atoms with Crippen molar-refractivity contribution in [3.05, 3.63) is 12.2 Å². The third-order valence-corrected chi connectivity index (χ3v) is 3.76. The van der Waals surface area contributed by atoms with Gasteiger partial charge < -0.3 is 9.88 Å². The van der Waals surface area contributed by atoms with E-state index in [0.717, 1.165) is 31.8 Å². The number of nitrogens with one attached hydrogen (secondary N) is 1. The van der Waals surface area contributed by atoms with Crippen molar-refractivity contribution in [2.45, 2.75) is 43.6 Å². The van der Waals surface area contributed by atoms with E-state index >= 15 is 0 Å². The largest absolute Gasteiger partial charge is 0.317 e. The zero-order valence-corrected chi connectivity index (χ0v) is 9.57. The second-order valence-corrected chi connectivity index (χ2v) is 5.04. The minimum Gasteiger partial charge on any atom is -0.317 e. The predicted octanol–water partition coefficient (Wildman–Crippen LogP) is 1.72. The second kappa shape index (κ2) is 4.01. The second-order valence-electron chi connectivity index (χ2n) is 5.04. The van der Waals surface area contributed by atoms with Crippen LogP contribution in [0.3, 0.4) is 0 Å². The SMILES string of the molecule is FC1(F)CC(c2nncn2C2CCNCC2)C1. The molecule has 1 aliphatic heterocycles. The Morgan fingerprint density at radius 1 is 1.29 bits per heavy atom. The fourth-order valence-corrected chi connectivity index (χ4v) is 2.75. The smallest absolute Gasteiger partial charge is 0.249 e. The van der Waals surface area contributed by atoms with Crippen LogP contribution in [0.4, 0.5) is 8.78 Å². The molecule has 1 saturated heterocycles. The molecule has 17 heavy (non-hydrogen) atoms. The van der Waals surface area contributed by atoms with Crippen molar-refractivity contribution in [3.63, 3.8) is 0 Å². The van der Waals surface area contributed by atoms with Crippen LogP contribution in [0.25, 0.3) is 0 Å². The molecule has 1 saturated carbocycles. The topological polar surface area (TPSA) is 42.7 Å². The van der Waals surface area contributed by atoms with Crippen molar-refractivity contribution in [2.75, 3.05) is 13.1 Å². The zero-order chi connectivity index (χ0) is 11.9. The quantitative estimate of drug-likeness (QED) is 0.858. The summed E-state index contributed by atoms with van der Waals surface area (Å²) in [5.41, 5.74) is 0. The highest BCUT2D eigenvalue weighted by molar-refractivity contribution is 5.08. The van der Waals surface area contributed by atoms with Crippen LogP contribution in [0.15, 0.2) is 6.33 Å². The van der Waals surface area contributed by atoms with Crippen LogP contribution in [-0.4, -0.2) is 33.8 Å². The molecule has 0 amide bonds. The molecule has 4 nitrogen and oxygen atoms in total. The maximum atomic E-state index is 12.9. The van der Waals surface area contributed by atoms with Gasteiger partial charge in [-0.1, -0.05) is 0 Å². The van der Waals surface area contributed by atoms with Crippen LogP contribution in [0.1, 0.15) is 43.5 Å². The molecular weight excluding hydrogens is 226 g/mol. The Bertz CT molecular complexity index is 390. The van der Waals surface area contributed by atoms with E-state index in [1.807, 2.05) is 4.57 Å². The van der Waals surface area contributed by atoms with Gasteiger partial charge in [-0.15, -0.1) is 10.2 Å². The van der Waals surface area contributed by atoms with Crippen LogP contribution in [0.5, 0.6) is 0 Å². The molecule has 1 aliphatic carbocycles. The molecule has 0 atom stereocenters. The van der Waals surface area contributed by atoms with E-state index in [2.05, 4.69) is 15.5 Å². The highest BCUT2D eigenvalue weighted by Gasteiger charge is 2.48. The number of aromatic nitrogens is 3. The van der Waals surface area contributed by atoms with Gasteiger partial charge in [0.2, 0.25) is 5.92 Å². The van der Waals surface area contributed by atoms with Crippen molar-refractivity contribution < 1.29 is 8.78 Å². The molecular formula is C11H16F2N4.